The molecule has 1 nitrogen and oxygen atoms in total. The van der Waals surface area contributed by atoms with Gasteiger partial charge in [-0.05, 0) is 115 Å². The summed E-state index contributed by atoms with van der Waals surface area (Å²) in [6.07, 6.45) is 0. The number of hydrogen-bond donors (Lipinski definition) is 0. The number of anilines is 3. The molecule has 1 aromatic heterocycles. The van der Waals surface area contributed by atoms with Gasteiger partial charge in [0.1, 0.15) is 0 Å². The Morgan fingerprint density at radius 1 is 0.300 bits per heavy atom. The van der Waals surface area contributed by atoms with Gasteiger partial charge >= 0.3 is 0 Å². The molecule has 0 aliphatic heterocycles. The highest BCUT2D eigenvalue weighted by Crippen LogP contribution is 2.42. The van der Waals surface area contributed by atoms with Crippen molar-refractivity contribution in [2.45, 2.75) is 0 Å². The Morgan fingerprint density at radius 2 is 0.880 bits per heavy atom. The lowest BCUT2D eigenvalue weighted by atomic mass is 9.93. The van der Waals surface area contributed by atoms with Gasteiger partial charge in [-0.25, -0.2) is 0 Å². The Morgan fingerprint density at radius 3 is 1.64 bits per heavy atom. The predicted octanol–water partition coefficient (Wildman–Crippen LogP) is 14.3. The van der Waals surface area contributed by atoms with Crippen molar-refractivity contribution in [3.63, 3.8) is 0 Å². The molecule has 234 valence electrons. The van der Waals surface area contributed by atoms with Crippen LogP contribution in [0, 0.1) is 0 Å². The average Bonchev–Trinajstić information content (AvgIpc) is 3.55. The van der Waals surface area contributed by atoms with Crippen LogP contribution in [0.15, 0.2) is 188 Å². The Kier molecular flexibility index (Phi) is 6.75. The van der Waals surface area contributed by atoms with Gasteiger partial charge in [-0.1, -0.05) is 127 Å². The number of benzene rings is 9. The summed E-state index contributed by atoms with van der Waals surface area (Å²) in [6.45, 7) is 0. The summed E-state index contributed by atoms with van der Waals surface area (Å²) in [7, 11) is 0. The second-order valence-electron chi connectivity index (χ2n) is 13.0. The molecule has 1 heterocycles. The highest BCUT2D eigenvalue weighted by atomic mass is 32.1. The van der Waals surface area contributed by atoms with Gasteiger partial charge in [0.25, 0.3) is 0 Å². The standard InChI is InChI=1S/C48H31NS/c1-3-11-32(12-4-1)34-13-9-17-40(28-34)49(39-15-5-2-6-16-39)41-18-10-14-35(29-41)36-25-26-42-37(27-36)23-21-33-22-24-38-30-47-45(31-44(38)48(33)42)43-19-7-8-20-46(43)50-47/h1-31H. The summed E-state index contributed by atoms with van der Waals surface area (Å²) >= 11 is 1.88. The fourth-order valence-corrected chi connectivity index (χ4v) is 8.73. The first-order valence-corrected chi connectivity index (χ1v) is 17.9. The molecule has 50 heavy (non-hydrogen) atoms. The molecule has 0 bridgehead atoms. The number of fused-ring (bicyclic) bond motifs is 8. The third kappa shape index (κ3) is 4.84. The topological polar surface area (TPSA) is 3.24 Å². The van der Waals surface area contributed by atoms with E-state index in [1.165, 1.54) is 74.7 Å². The SMILES string of the molecule is c1ccc(-c2cccc(N(c3ccccc3)c3cccc(-c4ccc5c(ccc6ccc7cc8sc9ccccc9c8cc7c65)c4)c3)c2)cc1. The molecule has 2 heteroatoms. The van der Waals surface area contributed by atoms with Gasteiger partial charge in [-0.15, -0.1) is 11.3 Å². The quantitative estimate of drug-likeness (QED) is 0.167. The van der Waals surface area contributed by atoms with Crippen LogP contribution in [0.5, 0.6) is 0 Å². The van der Waals surface area contributed by atoms with E-state index >= 15 is 0 Å². The van der Waals surface area contributed by atoms with E-state index in [-0.39, 0.29) is 0 Å². The minimum Gasteiger partial charge on any atom is -0.310 e. The van der Waals surface area contributed by atoms with Crippen LogP contribution < -0.4 is 4.90 Å². The minimum atomic E-state index is 1.12. The Labute approximate surface area is 294 Å². The lowest BCUT2D eigenvalue weighted by molar-refractivity contribution is 1.28. The van der Waals surface area contributed by atoms with Crippen molar-refractivity contribution < 1.29 is 0 Å². The van der Waals surface area contributed by atoms with Gasteiger partial charge in [-0.3, -0.25) is 0 Å². The van der Waals surface area contributed by atoms with E-state index < -0.39 is 0 Å². The van der Waals surface area contributed by atoms with Crippen molar-refractivity contribution >= 4 is 80.9 Å². The molecule has 10 aromatic rings. The van der Waals surface area contributed by atoms with Crippen molar-refractivity contribution in [3.8, 4) is 22.3 Å². The van der Waals surface area contributed by atoms with E-state index in [1.54, 1.807) is 0 Å². The fraction of sp³-hybridized carbons (Fsp3) is 0. The zero-order chi connectivity index (χ0) is 33.0. The van der Waals surface area contributed by atoms with Gasteiger partial charge in [0.2, 0.25) is 0 Å². The van der Waals surface area contributed by atoms with Gasteiger partial charge in [0.05, 0.1) is 0 Å². The van der Waals surface area contributed by atoms with Gasteiger partial charge < -0.3 is 4.90 Å². The van der Waals surface area contributed by atoms with Crippen molar-refractivity contribution in [2.24, 2.45) is 0 Å². The second kappa shape index (κ2) is 11.7. The molecule has 0 saturated heterocycles. The van der Waals surface area contributed by atoms with Crippen molar-refractivity contribution in [3.05, 3.63) is 188 Å². The lowest BCUT2D eigenvalue weighted by Crippen LogP contribution is -2.10. The Bertz CT molecular complexity index is 2870. The fourth-order valence-electron chi connectivity index (χ4n) is 7.59. The normalized spacial score (nSPS) is 11.6. The first kappa shape index (κ1) is 28.8. The molecule has 0 spiro atoms. The van der Waals surface area contributed by atoms with Crippen LogP contribution in [0.3, 0.4) is 0 Å². The molecule has 9 aromatic carbocycles. The molecule has 0 aliphatic rings. The summed E-state index contributed by atoms with van der Waals surface area (Å²) in [5.41, 5.74) is 8.17. The molecular formula is C48H31NS. The van der Waals surface area contributed by atoms with Crippen LogP contribution in [0.1, 0.15) is 0 Å². The first-order valence-electron chi connectivity index (χ1n) is 17.1. The third-order valence-electron chi connectivity index (χ3n) is 9.98. The maximum Gasteiger partial charge on any atom is 0.0467 e. The van der Waals surface area contributed by atoms with E-state index in [0.717, 1.165) is 17.1 Å². The molecule has 0 amide bonds. The number of para-hydroxylation sites is 1. The monoisotopic (exact) mass is 653 g/mol. The number of nitrogens with zero attached hydrogens (tertiary/aromatic N) is 1. The van der Waals surface area contributed by atoms with Crippen LogP contribution in [0.4, 0.5) is 17.1 Å². The van der Waals surface area contributed by atoms with Gasteiger partial charge in [-0.2, -0.15) is 0 Å². The average molecular weight is 654 g/mol. The maximum absolute atomic E-state index is 2.42. The summed E-state index contributed by atoms with van der Waals surface area (Å²) in [5, 5.41) is 10.4. The highest BCUT2D eigenvalue weighted by Gasteiger charge is 2.15. The van der Waals surface area contributed by atoms with E-state index in [2.05, 4.69) is 193 Å². The highest BCUT2D eigenvalue weighted by molar-refractivity contribution is 7.25. The minimum absolute atomic E-state index is 1.12. The van der Waals surface area contributed by atoms with Gasteiger partial charge in [0.15, 0.2) is 0 Å². The van der Waals surface area contributed by atoms with Crippen LogP contribution in [0.25, 0.3) is 74.7 Å². The second-order valence-corrected chi connectivity index (χ2v) is 14.1. The largest absolute Gasteiger partial charge is 0.310 e. The van der Waals surface area contributed by atoms with Crippen molar-refractivity contribution in [1.82, 2.24) is 0 Å². The molecule has 0 N–H and O–H groups in total. The van der Waals surface area contributed by atoms with Crippen LogP contribution in [0.2, 0.25) is 0 Å². The number of rotatable bonds is 5. The molecule has 0 atom stereocenters. The van der Waals surface area contributed by atoms with Crippen LogP contribution in [-0.4, -0.2) is 0 Å². The molecule has 0 radical (unpaired) electrons. The summed E-state index contributed by atoms with van der Waals surface area (Å²) < 4.78 is 2.69. The molecule has 0 fully saturated rings. The molecule has 0 saturated carbocycles. The third-order valence-corrected chi connectivity index (χ3v) is 11.1. The zero-order valence-electron chi connectivity index (χ0n) is 27.3. The van der Waals surface area contributed by atoms with Gasteiger partial charge in [0, 0.05) is 37.2 Å². The molecule has 0 unspecified atom stereocenters. The molecule has 10 rings (SSSR count). The lowest BCUT2D eigenvalue weighted by Gasteiger charge is -2.26. The molecule has 0 aliphatic carbocycles. The Balaban J connectivity index is 1.10. The number of hydrogen-bond acceptors (Lipinski definition) is 2. The van der Waals surface area contributed by atoms with E-state index in [1.807, 2.05) is 11.3 Å². The van der Waals surface area contributed by atoms with Crippen LogP contribution in [-0.2, 0) is 0 Å². The number of thiophene rings is 1. The van der Waals surface area contributed by atoms with E-state index in [0.29, 0.717) is 0 Å². The summed E-state index contributed by atoms with van der Waals surface area (Å²) in [4.78, 5) is 2.35. The zero-order valence-corrected chi connectivity index (χ0v) is 28.1. The summed E-state index contributed by atoms with van der Waals surface area (Å²) in [6, 6.07) is 68.7. The summed E-state index contributed by atoms with van der Waals surface area (Å²) in [5.74, 6) is 0. The Hall–Kier alpha value is -6.22. The van der Waals surface area contributed by atoms with Crippen molar-refractivity contribution in [2.75, 3.05) is 4.90 Å². The first-order chi connectivity index (χ1) is 24.8. The molecular weight excluding hydrogens is 623 g/mol. The maximum atomic E-state index is 2.42. The smallest absolute Gasteiger partial charge is 0.0467 e. The van der Waals surface area contributed by atoms with Crippen LogP contribution >= 0.6 is 11.3 Å². The van der Waals surface area contributed by atoms with E-state index in [9.17, 15) is 0 Å². The van der Waals surface area contributed by atoms with E-state index in [4.69, 9.17) is 0 Å². The predicted molar refractivity (Wildman–Crippen MR) is 217 cm³/mol. The van der Waals surface area contributed by atoms with Crippen molar-refractivity contribution in [1.29, 1.82) is 0 Å².